The van der Waals surface area contributed by atoms with Crippen molar-refractivity contribution in [2.45, 2.75) is 0 Å². The van der Waals surface area contributed by atoms with Crippen molar-refractivity contribution in [1.29, 1.82) is 0 Å². The van der Waals surface area contributed by atoms with Gasteiger partial charge < -0.3 is 0 Å². The smallest absolute Gasteiger partial charge is 0.140 e. The summed E-state index contributed by atoms with van der Waals surface area (Å²) in [5, 5.41) is 1.30. The summed E-state index contributed by atoms with van der Waals surface area (Å²) in [6.45, 7) is 0. The fourth-order valence-electron chi connectivity index (χ4n) is 1.06. The molecule has 2 rings (SSSR count). The first-order valence-corrected chi connectivity index (χ1v) is 5.40. The number of fused-ring (bicyclic) bond motifs is 1. The molecule has 0 aliphatic rings. The highest BCUT2D eigenvalue weighted by molar-refractivity contribution is 9.11. The first kappa shape index (κ1) is 9.37. The molecule has 0 spiro atoms. The third kappa shape index (κ3) is 1.71. The van der Waals surface area contributed by atoms with Crippen LogP contribution >= 0.6 is 43.5 Å². The second kappa shape index (κ2) is 3.52. The third-order valence-electron chi connectivity index (χ3n) is 1.61. The lowest BCUT2D eigenvalue weighted by molar-refractivity contribution is 1.22. The maximum absolute atomic E-state index is 5.91. The molecule has 0 saturated heterocycles. The van der Waals surface area contributed by atoms with Crippen molar-refractivity contribution in [3.05, 3.63) is 32.6 Å². The molecule has 5 heteroatoms. The van der Waals surface area contributed by atoms with Gasteiger partial charge in [0, 0.05) is 14.3 Å². The van der Waals surface area contributed by atoms with Crippen LogP contribution in [0.25, 0.3) is 10.9 Å². The zero-order valence-corrected chi connectivity index (χ0v) is 10.2. The molecule has 1 aromatic carbocycles. The van der Waals surface area contributed by atoms with Gasteiger partial charge in [0.25, 0.3) is 0 Å². The Morgan fingerprint density at radius 1 is 1.15 bits per heavy atom. The minimum atomic E-state index is 0.465. The van der Waals surface area contributed by atoms with Crippen LogP contribution in [0.5, 0.6) is 0 Å². The Morgan fingerprint density at radius 3 is 2.69 bits per heavy atom. The molecule has 0 N–H and O–H groups in total. The fraction of sp³-hybridized carbons (Fsp3) is 0. The van der Waals surface area contributed by atoms with E-state index in [0.717, 1.165) is 19.8 Å². The zero-order valence-electron chi connectivity index (χ0n) is 6.26. The number of benzene rings is 1. The molecule has 2 aromatic rings. The average molecular weight is 322 g/mol. The first-order chi connectivity index (χ1) is 6.18. The van der Waals surface area contributed by atoms with Crippen LogP contribution in [0.2, 0.25) is 5.15 Å². The van der Waals surface area contributed by atoms with Gasteiger partial charge in [-0.3, -0.25) is 0 Å². The molecule has 0 fully saturated rings. The summed E-state index contributed by atoms with van der Waals surface area (Å²) in [5.41, 5.74) is 0.822. The van der Waals surface area contributed by atoms with Gasteiger partial charge in [-0.2, -0.15) is 0 Å². The van der Waals surface area contributed by atoms with Gasteiger partial charge in [0.2, 0.25) is 0 Å². The second-order valence-electron chi connectivity index (χ2n) is 2.45. The highest BCUT2D eigenvalue weighted by Gasteiger charge is 2.05. The van der Waals surface area contributed by atoms with Gasteiger partial charge in [0.05, 0.1) is 5.52 Å². The molecular weight excluding hydrogens is 319 g/mol. The van der Waals surface area contributed by atoms with Crippen LogP contribution in [0.15, 0.2) is 27.4 Å². The summed E-state index contributed by atoms with van der Waals surface area (Å²) in [6.07, 6.45) is 1.45. The number of hydrogen-bond donors (Lipinski definition) is 0. The second-order valence-corrected chi connectivity index (χ2v) is 4.58. The van der Waals surface area contributed by atoms with E-state index in [4.69, 9.17) is 11.6 Å². The highest BCUT2D eigenvalue weighted by atomic mass is 79.9. The van der Waals surface area contributed by atoms with Crippen molar-refractivity contribution in [3.63, 3.8) is 0 Å². The topological polar surface area (TPSA) is 25.8 Å². The molecule has 0 unspecified atom stereocenters. The normalized spacial score (nSPS) is 10.7. The Hall–Kier alpha value is -0.190. The molecule has 2 nitrogen and oxygen atoms in total. The maximum atomic E-state index is 5.91. The van der Waals surface area contributed by atoms with E-state index in [0.29, 0.717) is 5.15 Å². The molecule has 1 aromatic heterocycles. The number of rotatable bonds is 0. The summed E-state index contributed by atoms with van der Waals surface area (Å²) in [6, 6.07) is 3.81. The van der Waals surface area contributed by atoms with E-state index >= 15 is 0 Å². The van der Waals surface area contributed by atoms with Gasteiger partial charge in [-0.15, -0.1) is 0 Å². The summed E-state index contributed by atoms with van der Waals surface area (Å²) >= 11 is 12.7. The summed E-state index contributed by atoms with van der Waals surface area (Å²) in [5.74, 6) is 0. The first-order valence-electron chi connectivity index (χ1n) is 3.44. The zero-order chi connectivity index (χ0) is 9.42. The summed E-state index contributed by atoms with van der Waals surface area (Å²) in [7, 11) is 0. The van der Waals surface area contributed by atoms with Crippen molar-refractivity contribution in [1.82, 2.24) is 9.97 Å². The number of halogens is 3. The summed E-state index contributed by atoms with van der Waals surface area (Å²) in [4.78, 5) is 8.02. The molecule has 0 saturated carbocycles. The number of aromatic nitrogens is 2. The third-order valence-corrected chi connectivity index (χ3v) is 2.97. The molecule has 0 radical (unpaired) electrons. The van der Waals surface area contributed by atoms with Gasteiger partial charge in [-0.25, -0.2) is 9.97 Å². The molecule has 1 heterocycles. The predicted octanol–water partition coefficient (Wildman–Crippen LogP) is 3.81. The van der Waals surface area contributed by atoms with Crippen LogP contribution in [0.3, 0.4) is 0 Å². The Labute approximate surface area is 96.6 Å². The lowest BCUT2D eigenvalue weighted by Gasteiger charge is -2.01. The molecule has 0 amide bonds. The highest BCUT2D eigenvalue weighted by Crippen LogP contribution is 2.29. The molecule has 66 valence electrons. The van der Waals surface area contributed by atoms with Crippen LogP contribution in [-0.2, 0) is 0 Å². The van der Waals surface area contributed by atoms with Crippen molar-refractivity contribution < 1.29 is 0 Å². The van der Waals surface area contributed by atoms with Crippen LogP contribution in [0.1, 0.15) is 0 Å². The van der Waals surface area contributed by atoms with E-state index in [-0.39, 0.29) is 0 Å². The molecule has 0 bridgehead atoms. The van der Waals surface area contributed by atoms with Crippen molar-refractivity contribution >= 4 is 54.4 Å². The van der Waals surface area contributed by atoms with Crippen LogP contribution in [-0.4, -0.2) is 9.97 Å². The van der Waals surface area contributed by atoms with Crippen LogP contribution < -0.4 is 0 Å². The number of hydrogen-bond acceptors (Lipinski definition) is 2. The van der Waals surface area contributed by atoms with E-state index in [9.17, 15) is 0 Å². The quantitative estimate of drug-likeness (QED) is 0.689. The van der Waals surface area contributed by atoms with Crippen molar-refractivity contribution in [3.8, 4) is 0 Å². The van der Waals surface area contributed by atoms with E-state index in [1.807, 2.05) is 12.1 Å². The molecule has 0 atom stereocenters. The largest absolute Gasteiger partial charge is 0.235 e. The molecule has 0 aliphatic heterocycles. The molecular formula is C8H3Br2ClN2. The van der Waals surface area contributed by atoms with E-state index in [1.54, 1.807) is 0 Å². The van der Waals surface area contributed by atoms with Gasteiger partial charge in [0.1, 0.15) is 11.5 Å². The SMILES string of the molecule is Clc1ncnc2c(Br)cc(Br)cc12. The Kier molecular flexibility index (Phi) is 2.53. The van der Waals surface area contributed by atoms with Gasteiger partial charge in [-0.1, -0.05) is 27.5 Å². The van der Waals surface area contributed by atoms with Gasteiger partial charge >= 0.3 is 0 Å². The fourth-order valence-corrected chi connectivity index (χ4v) is 2.58. The van der Waals surface area contributed by atoms with Crippen molar-refractivity contribution in [2.75, 3.05) is 0 Å². The Bertz CT molecular complexity index is 473. The lowest BCUT2D eigenvalue weighted by Crippen LogP contribution is -1.84. The maximum Gasteiger partial charge on any atom is 0.140 e. The predicted molar refractivity (Wildman–Crippen MR) is 59.9 cm³/mol. The van der Waals surface area contributed by atoms with Gasteiger partial charge in [-0.05, 0) is 28.1 Å². The average Bonchev–Trinajstić information content (AvgIpc) is 2.07. The minimum Gasteiger partial charge on any atom is -0.235 e. The van der Waals surface area contributed by atoms with Crippen molar-refractivity contribution in [2.24, 2.45) is 0 Å². The van der Waals surface area contributed by atoms with Crippen LogP contribution in [0.4, 0.5) is 0 Å². The van der Waals surface area contributed by atoms with Crippen LogP contribution in [0, 0.1) is 0 Å². The Balaban J connectivity index is 2.94. The molecule has 13 heavy (non-hydrogen) atoms. The molecule has 0 aliphatic carbocycles. The lowest BCUT2D eigenvalue weighted by atomic mass is 10.2. The van der Waals surface area contributed by atoms with Gasteiger partial charge in [0.15, 0.2) is 0 Å². The van der Waals surface area contributed by atoms with E-state index in [1.165, 1.54) is 6.33 Å². The number of nitrogens with zero attached hydrogens (tertiary/aromatic N) is 2. The van der Waals surface area contributed by atoms with E-state index in [2.05, 4.69) is 41.8 Å². The summed E-state index contributed by atoms with van der Waals surface area (Å²) < 4.78 is 1.85. The minimum absolute atomic E-state index is 0.465. The monoisotopic (exact) mass is 320 g/mol. The standard InChI is InChI=1S/C8H3Br2ClN2/c9-4-1-5-7(6(10)2-4)12-3-13-8(5)11/h1-3H. The van der Waals surface area contributed by atoms with E-state index < -0.39 is 0 Å². The Morgan fingerprint density at radius 2 is 1.92 bits per heavy atom.